The van der Waals surface area contributed by atoms with Crippen LogP contribution in [-0.4, -0.2) is 32.5 Å². The molecule has 1 saturated carbocycles. The Kier molecular flexibility index (Phi) is 7.26. The Morgan fingerprint density at radius 1 is 1.07 bits per heavy atom. The Bertz CT molecular complexity index is 864. The van der Waals surface area contributed by atoms with Gasteiger partial charge < -0.3 is 10.8 Å². The number of carboxylic acid groups (broad SMARTS) is 1. The number of hydrogen-bond acceptors (Lipinski definition) is 6. The van der Waals surface area contributed by atoms with Crippen LogP contribution in [0.5, 0.6) is 0 Å². The highest BCUT2D eigenvalue weighted by Crippen LogP contribution is 2.39. The molecule has 3 N–H and O–H groups in total. The van der Waals surface area contributed by atoms with Gasteiger partial charge >= 0.3 is 12.1 Å². The summed E-state index contributed by atoms with van der Waals surface area (Å²) in [6.07, 6.45) is 7.84. The zero-order chi connectivity index (χ0) is 21.0. The molecular weight excluding hydrogens is 423 g/mol. The summed E-state index contributed by atoms with van der Waals surface area (Å²) < 4.78 is 31.7. The van der Waals surface area contributed by atoms with E-state index in [9.17, 15) is 13.2 Å². The van der Waals surface area contributed by atoms with Crippen molar-refractivity contribution in [2.45, 2.75) is 80.8 Å². The minimum Gasteiger partial charge on any atom is -0.475 e. The van der Waals surface area contributed by atoms with Crippen LogP contribution < -0.4 is 5.73 Å². The highest BCUT2D eigenvalue weighted by atomic mass is 32.2. The number of halogens is 3. The molecule has 2 aromatic rings. The van der Waals surface area contributed by atoms with Gasteiger partial charge in [0.1, 0.15) is 10.6 Å². The number of nitrogens with two attached hydrogens (primary N) is 1. The maximum Gasteiger partial charge on any atom is 0.490 e. The molecule has 10 heteroatoms. The topological polar surface area (TPSA) is 89.1 Å². The summed E-state index contributed by atoms with van der Waals surface area (Å²) in [5.74, 6) is -2.05. The third kappa shape index (κ3) is 5.75. The van der Waals surface area contributed by atoms with E-state index in [0.717, 1.165) is 21.8 Å². The molecule has 0 unspecified atom stereocenters. The summed E-state index contributed by atoms with van der Waals surface area (Å²) in [6.45, 7) is 0. The molecule has 2 aliphatic rings. The van der Waals surface area contributed by atoms with Crippen LogP contribution in [0.25, 0.3) is 10.2 Å². The fourth-order valence-corrected chi connectivity index (χ4v) is 6.22. The van der Waals surface area contributed by atoms with E-state index < -0.39 is 12.1 Å². The normalized spacial score (nSPS) is 17.9. The van der Waals surface area contributed by atoms with E-state index in [-0.39, 0.29) is 0 Å². The van der Waals surface area contributed by atoms with Crippen molar-refractivity contribution in [1.29, 1.82) is 0 Å². The zero-order valence-corrected chi connectivity index (χ0v) is 17.6. The number of carboxylic acids is 1. The molecule has 5 nitrogen and oxygen atoms in total. The molecule has 2 aliphatic carbocycles. The molecule has 1 fully saturated rings. The molecule has 4 rings (SSSR count). The third-order valence-electron chi connectivity index (χ3n) is 5.14. The summed E-state index contributed by atoms with van der Waals surface area (Å²) in [7, 11) is 0. The number of nitrogens with zero attached hydrogens (tertiary/aromatic N) is 2. The number of thioether (sulfide) groups is 1. The van der Waals surface area contributed by atoms with Crippen LogP contribution in [0.3, 0.4) is 0 Å². The van der Waals surface area contributed by atoms with Gasteiger partial charge in [-0.25, -0.2) is 14.8 Å². The number of thiophene rings is 1. The molecule has 2 aromatic heterocycles. The van der Waals surface area contributed by atoms with Gasteiger partial charge in [-0.2, -0.15) is 13.2 Å². The number of carbonyl (C=O) groups is 1. The molecule has 0 bridgehead atoms. The first-order chi connectivity index (χ1) is 13.8. The largest absolute Gasteiger partial charge is 0.490 e. The van der Waals surface area contributed by atoms with Crippen molar-refractivity contribution < 1.29 is 23.1 Å². The smallest absolute Gasteiger partial charge is 0.475 e. The second-order valence-electron chi connectivity index (χ2n) is 7.32. The lowest BCUT2D eigenvalue weighted by atomic mass is 9.98. The van der Waals surface area contributed by atoms with Crippen molar-refractivity contribution in [2.75, 3.05) is 5.73 Å². The minimum absolute atomic E-state index is 0.692. The highest BCUT2D eigenvalue weighted by molar-refractivity contribution is 7.99. The standard InChI is InChI=1S/C17H23N3S2.C2HF3O2/c18-15-14-12-9-3-1-2-4-10-13(12)22-16(14)20-17(19-15)21-11-7-5-6-8-11;3-2(4,5)1(6)7/h11H,1-10H2,(H2,18,19,20);(H,6,7). The van der Waals surface area contributed by atoms with E-state index in [0.29, 0.717) is 11.1 Å². The van der Waals surface area contributed by atoms with Gasteiger partial charge in [0.2, 0.25) is 0 Å². The molecule has 0 aromatic carbocycles. The molecule has 0 amide bonds. The SMILES string of the molecule is Nc1nc(SC2CCCC2)nc2sc3c(c12)CCCCCC3.O=C(O)C(F)(F)F. The van der Waals surface area contributed by atoms with Crippen LogP contribution in [-0.2, 0) is 17.6 Å². The van der Waals surface area contributed by atoms with Crippen molar-refractivity contribution >= 4 is 45.1 Å². The second kappa shape index (κ2) is 9.51. The van der Waals surface area contributed by atoms with Crippen LogP contribution in [0.15, 0.2) is 5.16 Å². The number of hydrogen-bond donors (Lipinski definition) is 2. The molecule has 160 valence electrons. The van der Waals surface area contributed by atoms with Gasteiger partial charge in [0.05, 0.1) is 5.39 Å². The van der Waals surface area contributed by atoms with Gasteiger partial charge in [-0.05, 0) is 44.1 Å². The monoisotopic (exact) mass is 447 g/mol. The lowest BCUT2D eigenvalue weighted by Gasteiger charge is -2.10. The van der Waals surface area contributed by atoms with E-state index in [1.807, 2.05) is 23.1 Å². The van der Waals surface area contributed by atoms with Gasteiger partial charge in [0, 0.05) is 10.1 Å². The van der Waals surface area contributed by atoms with E-state index in [2.05, 4.69) is 4.98 Å². The summed E-state index contributed by atoms with van der Waals surface area (Å²) in [5, 5.41) is 9.88. The van der Waals surface area contributed by atoms with E-state index in [4.69, 9.17) is 20.6 Å². The number of aromatic nitrogens is 2. The number of fused-ring (bicyclic) bond motifs is 3. The van der Waals surface area contributed by atoms with Crippen LogP contribution >= 0.6 is 23.1 Å². The fraction of sp³-hybridized carbons (Fsp3) is 0.632. The number of alkyl halides is 3. The van der Waals surface area contributed by atoms with Crippen molar-refractivity contribution in [1.82, 2.24) is 9.97 Å². The summed E-state index contributed by atoms with van der Waals surface area (Å²) in [5.41, 5.74) is 7.79. The van der Waals surface area contributed by atoms with Crippen LogP contribution in [0.4, 0.5) is 19.0 Å². The molecule has 0 saturated heterocycles. The number of rotatable bonds is 2. The van der Waals surface area contributed by atoms with E-state index in [1.54, 1.807) is 0 Å². The maximum atomic E-state index is 10.6. The average molecular weight is 448 g/mol. The lowest BCUT2D eigenvalue weighted by Crippen LogP contribution is -2.21. The number of nitrogen functional groups attached to an aromatic ring is 1. The second-order valence-corrected chi connectivity index (χ2v) is 9.67. The van der Waals surface area contributed by atoms with Crippen LogP contribution in [0.2, 0.25) is 0 Å². The quantitative estimate of drug-likeness (QED) is 0.583. The van der Waals surface area contributed by atoms with Gasteiger partial charge in [-0.3, -0.25) is 0 Å². The Morgan fingerprint density at radius 2 is 1.69 bits per heavy atom. The Hall–Kier alpha value is -1.55. The van der Waals surface area contributed by atoms with Crippen LogP contribution in [0.1, 0.15) is 61.8 Å². The lowest BCUT2D eigenvalue weighted by molar-refractivity contribution is -0.192. The molecule has 0 atom stereocenters. The van der Waals surface area contributed by atoms with E-state index >= 15 is 0 Å². The Labute approximate surface area is 175 Å². The summed E-state index contributed by atoms with van der Waals surface area (Å²) >= 11 is 3.70. The Balaban J connectivity index is 0.000000298. The number of aryl methyl sites for hydroxylation is 2. The Morgan fingerprint density at radius 3 is 2.31 bits per heavy atom. The minimum atomic E-state index is -5.08. The maximum absolute atomic E-state index is 10.6. The third-order valence-corrected chi connectivity index (χ3v) is 7.52. The molecule has 2 heterocycles. The summed E-state index contributed by atoms with van der Waals surface area (Å²) in [4.78, 5) is 21.0. The molecule has 29 heavy (non-hydrogen) atoms. The first-order valence-electron chi connectivity index (χ1n) is 9.80. The first-order valence-corrected chi connectivity index (χ1v) is 11.5. The van der Waals surface area contributed by atoms with Crippen molar-refractivity contribution in [3.8, 4) is 0 Å². The molecular formula is C19H24F3N3O2S2. The highest BCUT2D eigenvalue weighted by Gasteiger charge is 2.38. The molecule has 0 radical (unpaired) electrons. The van der Waals surface area contributed by atoms with Gasteiger partial charge in [-0.1, -0.05) is 37.4 Å². The number of aliphatic carboxylic acids is 1. The molecule has 0 aliphatic heterocycles. The van der Waals surface area contributed by atoms with Gasteiger partial charge in [0.25, 0.3) is 0 Å². The first kappa shape index (κ1) is 22.1. The zero-order valence-electron chi connectivity index (χ0n) is 15.9. The van der Waals surface area contributed by atoms with Crippen molar-refractivity contribution in [2.24, 2.45) is 0 Å². The van der Waals surface area contributed by atoms with Crippen molar-refractivity contribution in [3.63, 3.8) is 0 Å². The fourth-order valence-electron chi connectivity index (χ4n) is 3.73. The van der Waals surface area contributed by atoms with Crippen molar-refractivity contribution in [3.05, 3.63) is 10.4 Å². The van der Waals surface area contributed by atoms with Gasteiger partial charge in [0.15, 0.2) is 5.16 Å². The van der Waals surface area contributed by atoms with E-state index in [1.165, 1.54) is 68.2 Å². The number of anilines is 1. The predicted molar refractivity (Wildman–Crippen MR) is 110 cm³/mol. The average Bonchev–Trinajstić information content (AvgIpc) is 3.22. The summed E-state index contributed by atoms with van der Waals surface area (Å²) in [6, 6.07) is 0. The van der Waals surface area contributed by atoms with Crippen LogP contribution in [0, 0.1) is 0 Å². The molecule has 0 spiro atoms. The predicted octanol–water partition coefficient (Wildman–Crippen LogP) is 5.60. The van der Waals surface area contributed by atoms with Gasteiger partial charge in [-0.15, -0.1) is 11.3 Å².